The monoisotopic (exact) mass is 326 g/mol. The number of benzene rings is 1. The molecule has 0 aliphatic rings. The van der Waals surface area contributed by atoms with Crippen molar-refractivity contribution in [2.45, 2.75) is 33.7 Å². The van der Waals surface area contributed by atoms with Gasteiger partial charge in [0.15, 0.2) is 0 Å². The number of carbonyl (C=O) groups excluding carboxylic acids is 2. The average Bonchev–Trinajstić information content (AvgIpc) is 2.29. The number of amides is 2. The fraction of sp³-hybridized carbons (Fsp3) is 0.429. The van der Waals surface area contributed by atoms with E-state index >= 15 is 0 Å². The Balaban J connectivity index is 2.72. The minimum Gasteiger partial charge on any atom is -0.331 e. The maximum Gasteiger partial charge on any atom is 0.244 e. The van der Waals surface area contributed by atoms with Gasteiger partial charge in [-0.15, -0.1) is 0 Å². The van der Waals surface area contributed by atoms with Crippen LogP contribution in [0, 0.1) is 6.92 Å². The topological polar surface area (TPSA) is 49.4 Å². The number of aryl methyl sites for hydroxylation is 1. The second-order valence-corrected chi connectivity index (χ2v) is 5.63. The van der Waals surface area contributed by atoms with Crippen LogP contribution in [0.4, 0.5) is 5.69 Å². The summed E-state index contributed by atoms with van der Waals surface area (Å²) in [5.74, 6) is -0.304. The first kappa shape index (κ1) is 15.7. The Kier molecular flexibility index (Phi) is 5.54. The van der Waals surface area contributed by atoms with Crippen LogP contribution in [0.1, 0.15) is 26.3 Å². The molecule has 0 atom stereocenters. The highest BCUT2D eigenvalue weighted by molar-refractivity contribution is 9.10. The standard InChI is InChI=1S/C14H19BrN2O2/c1-9(2)17(11(4)18)8-14(19)16-13-6-5-10(3)7-12(13)15/h5-7,9H,8H2,1-4H3,(H,16,19). The van der Waals surface area contributed by atoms with E-state index in [9.17, 15) is 9.59 Å². The molecule has 4 nitrogen and oxygen atoms in total. The predicted octanol–water partition coefficient (Wildman–Crippen LogP) is 2.95. The van der Waals surface area contributed by atoms with Crippen molar-refractivity contribution in [3.63, 3.8) is 0 Å². The lowest BCUT2D eigenvalue weighted by molar-refractivity contribution is -0.134. The molecular formula is C14H19BrN2O2. The van der Waals surface area contributed by atoms with Crippen molar-refractivity contribution in [2.24, 2.45) is 0 Å². The van der Waals surface area contributed by atoms with Gasteiger partial charge in [-0.1, -0.05) is 6.07 Å². The zero-order valence-corrected chi connectivity index (χ0v) is 13.2. The van der Waals surface area contributed by atoms with Gasteiger partial charge in [0, 0.05) is 17.4 Å². The largest absolute Gasteiger partial charge is 0.331 e. The molecular weight excluding hydrogens is 308 g/mol. The molecule has 5 heteroatoms. The molecule has 0 aromatic heterocycles. The Labute approximate surface area is 122 Å². The van der Waals surface area contributed by atoms with Crippen LogP contribution in [0.15, 0.2) is 22.7 Å². The molecule has 0 fully saturated rings. The van der Waals surface area contributed by atoms with Gasteiger partial charge in [0.2, 0.25) is 11.8 Å². The molecule has 0 radical (unpaired) electrons. The molecule has 104 valence electrons. The van der Waals surface area contributed by atoms with E-state index in [0.717, 1.165) is 10.0 Å². The third kappa shape index (κ3) is 4.67. The lowest BCUT2D eigenvalue weighted by Crippen LogP contribution is -2.41. The number of nitrogens with zero attached hydrogens (tertiary/aromatic N) is 1. The summed E-state index contributed by atoms with van der Waals surface area (Å²) in [6, 6.07) is 5.70. The lowest BCUT2D eigenvalue weighted by Gasteiger charge is -2.24. The van der Waals surface area contributed by atoms with Gasteiger partial charge < -0.3 is 10.2 Å². The van der Waals surface area contributed by atoms with Crippen molar-refractivity contribution < 1.29 is 9.59 Å². The normalized spacial score (nSPS) is 10.4. The number of rotatable bonds is 4. The average molecular weight is 327 g/mol. The van der Waals surface area contributed by atoms with Crippen molar-refractivity contribution in [1.29, 1.82) is 0 Å². The first-order valence-corrected chi connectivity index (χ1v) is 6.93. The maximum absolute atomic E-state index is 11.9. The molecule has 0 saturated heterocycles. The van der Waals surface area contributed by atoms with Crippen LogP contribution < -0.4 is 5.32 Å². The van der Waals surface area contributed by atoms with Gasteiger partial charge in [-0.25, -0.2) is 0 Å². The van der Waals surface area contributed by atoms with Crippen LogP contribution in [-0.4, -0.2) is 29.3 Å². The van der Waals surface area contributed by atoms with Crippen LogP contribution in [-0.2, 0) is 9.59 Å². The lowest BCUT2D eigenvalue weighted by atomic mass is 10.2. The van der Waals surface area contributed by atoms with Crippen LogP contribution in [0.25, 0.3) is 0 Å². The van der Waals surface area contributed by atoms with Crippen LogP contribution in [0.2, 0.25) is 0 Å². The van der Waals surface area contributed by atoms with E-state index < -0.39 is 0 Å². The van der Waals surface area contributed by atoms with E-state index in [-0.39, 0.29) is 24.4 Å². The van der Waals surface area contributed by atoms with Crippen molar-refractivity contribution in [3.05, 3.63) is 28.2 Å². The molecule has 0 aliphatic heterocycles. The Hall–Kier alpha value is -1.36. The van der Waals surface area contributed by atoms with E-state index in [1.807, 2.05) is 39.0 Å². The molecule has 1 N–H and O–H groups in total. The Morgan fingerprint density at radius 2 is 2.00 bits per heavy atom. The summed E-state index contributed by atoms with van der Waals surface area (Å²) in [6.45, 7) is 7.28. The summed E-state index contributed by atoms with van der Waals surface area (Å²) < 4.78 is 0.833. The van der Waals surface area contributed by atoms with E-state index in [4.69, 9.17) is 0 Å². The quantitative estimate of drug-likeness (QED) is 0.924. The number of hydrogen-bond donors (Lipinski definition) is 1. The smallest absolute Gasteiger partial charge is 0.244 e. The highest BCUT2D eigenvalue weighted by Gasteiger charge is 2.17. The van der Waals surface area contributed by atoms with Gasteiger partial charge in [0.25, 0.3) is 0 Å². The molecule has 0 heterocycles. The van der Waals surface area contributed by atoms with Crippen LogP contribution in [0.3, 0.4) is 0 Å². The molecule has 2 amide bonds. The van der Waals surface area contributed by atoms with E-state index in [2.05, 4.69) is 21.2 Å². The summed E-state index contributed by atoms with van der Waals surface area (Å²) in [5.41, 5.74) is 1.82. The minimum atomic E-state index is -0.201. The second kappa shape index (κ2) is 6.70. The van der Waals surface area contributed by atoms with Gasteiger partial charge in [0.1, 0.15) is 6.54 Å². The van der Waals surface area contributed by atoms with Crippen molar-refractivity contribution in [1.82, 2.24) is 4.90 Å². The molecule has 0 spiro atoms. The van der Waals surface area contributed by atoms with E-state index in [1.165, 1.54) is 11.8 Å². The first-order chi connectivity index (χ1) is 8.81. The van der Waals surface area contributed by atoms with Crippen LogP contribution >= 0.6 is 15.9 Å². The number of hydrogen-bond acceptors (Lipinski definition) is 2. The third-order valence-electron chi connectivity index (χ3n) is 2.74. The summed E-state index contributed by atoms with van der Waals surface area (Å²) in [6.07, 6.45) is 0. The van der Waals surface area contributed by atoms with Gasteiger partial charge in [-0.2, -0.15) is 0 Å². The molecule has 0 aliphatic carbocycles. The van der Waals surface area contributed by atoms with Crippen molar-refractivity contribution in [2.75, 3.05) is 11.9 Å². The Morgan fingerprint density at radius 3 is 2.47 bits per heavy atom. The van der Waals surface area contributed by atoms with Gasteiger partial charge in [-0.05, 0) is 54.4 Å². The summed E-state index contributed by atoms with van der Waals surface area (Å²) >= 11 is 3.40. The zero-order valence-electron chi connectivity index (χ0n) is 11.7. The van der Waals surface area contributed by atoms with Crippen LogP contribution in [0.5, 0.6) is 0 Å². The third-order valence-corrected chi connectivity index (χ3v) is 3.40. The van der Waals surface area contributed by atoms with Crippen molar-refractivity contribution >= 4 is 33.4 Å². The highest BCUT2D eigenvalue weighted by Crippen LogP contribution is 2.23. The molecule has 0 unspecified atom stereocenters. The second-order valence-electron chi connectivity index (χ2n) is 4.77. The van der Waals surface area contributed by atoms with Gasteiger partial charge in [-0.3, -0.25) is 9.59 Å². The molecule has 19 heavy (non-hydrogen) atoms. The predicted molar refractivity (Wildman–Crippen MR) is 80.0 cm³/mol. The van der Waals surface area contributed by atoms with E-state index in [1.54, 1.807) is 0 Å². The Bertz CT molecular complexity index is 486. The zero-order chi connectivity index (χ0) is 14.6. The maximum atomic E-state index is 11.9. The molecule has 1 rings (SSSR count). The minimum absolute atomic E-state index is 0.00436. The summed E-state index contributed by atoms with van der Waals surface area (Å²) in [7, 11) is 0. The number of carbonyl (C=O) groups is 2. The molecule has 1 aromatic carbocycles. The number of nitrogens with one attached hydrogen (secondary N) is 1. The summed E-state index contributed by atoms with van der Waals surface area (Å²) in [4.78, 5) is 24.9. The highest BCUT2D eigenvalue weighted by atomic mass is 79.9. The van der Waals surface area contributed by atoms with Crippen molar-refractivity contribution in [3.8, 4) is 0 Å². The molecule has 0 saturated carbocycles. The van der Waals surface area contributed by atoms with Gasteiger partial charge in [0.05, 0.1) is 5.69 Å². The Morgan fingerprint density at radius 1 is 1.37 bits per heavy atom. The number of halogens is 1. The first-order valence-electron chi connectivity index (χ1n) is 6.14. The van der Waals surface area contributed by atoms with E-state index in [0.29, 0.717) is 5.69 Å². The summed E-state index contributed by atoms with van der Waals surface area (Å²) in [5, 5.41) is 2.80. The molecule has 0 bridgehead atoms. The fourth-order valence-electron chi connectivity index (χ4n) is 1.72. The molecule has 1 aromatic rings. The fourth-order valence-corrected chi connectivity index (χ4v) is 2.32. The SMILES string of the molecule is CC(=O)N(CC(=O)Nc1ccc(C)cc1Br)C(C)C. The van der Waals surface area contributed by atoms with Gasteiger partial charge >= 0.3 is 0 Å². The number of anilines is 1.